The van der Waals surface area contributed by atoms with E-state index in [4.69, 9.17) is 23.2 Å². The number of amides is 2. The summed E-state index contributed by atoms with van der Waals surface area (Å²) in [5.41, 5.74) is 2.04. The number of benzene rings is 3. The Bertz CT molecular complexity index is 1410. The molecule has 0 bridgehead atoms. The van der Waals surface area contributed by atoms with Gasteiger partial charge in [-0.3, -0.25) is 13.9 Å². The molecule has 0 aliphatic heterocycles. The van der Waals surface area contributed by atoms with Crippen LogP contribution in [0.4, 0.5) is 5.69 Å². The molecular formula is C29H33Cl2N3O4S. The number of nitrogens with zero attached hydrogens (tertiary/aromatic N) is 2. The second-order valence-corrected chi connectivity index (χ2v) is 12.2. The lowest BCUT2D eigenvalue weighted by Crippen LogP contribution is -2.52. The number of halogens is 2. The highest BCUT2D eigenvalue weighted by atomic mass is 35.5. The molecule has 0 saturated heterocycles. The molecule has 10 heteroatoms. The summed E-state index contributed by atoms with van der Waals surface area (Å²) in [6.07, 6.45) is 0.728. The third-order valence-corrected chi connectivity index (χ3v) is 8.66. The summed E-state index contributed by atoms with van der Waals surface area (Å²) < 4.78 is 28.6. The standard InChI is InChI=1S/C29H33Cl2N3O4S/c1-5-21(3)32-29(36)22(4)33(18-23-9-6-8-20(2)16-23)28(35)19-34(26-11-7-10-25(31)17-26)39(37,38)27-14-12-24(30)13-15-27/h6-17,21-22H,5,18-19H2,1-4H3,(H,32,36)/t21-,22-/m1/s1. The van der Waals surface area contributed by atoms with Crippen molar-refractivity contribution in [1.82, 2.24) is 10.2 Å². The van der Waals surface area contributed by atoms with E-state index in [1.54, 1.807) is 25.1 Å². The minimum Gasteiger partial charge on any atom is -0.352 e. The number of anilines is 1. The van der Waals surface area contributed by atoms with Crippen molar-refractivity contribution in [2.75, 3.05) is 10.8 Å². The molecule has 0 aliphatic carbocycles. The largest absolute Gasteiger partial charge is 0.352 e. The van der Waals surface area contributed by atoms with Gasteiger partial charge in [0.05, 0.1) is 10.6 Å². The summed E-state index contributed by atoms with van der Waals surface area (Å²) in [5, 5.41) is 3.61. The van der Waals surface area contributed by atoms with E-state index < -0.39 is 28.5 Å². The van der Waals surface area contributed by atoms with Crippen LogP contribution in [0.3, 0.4) is 0 Å². The van der Waals surface area contributed by atoms with Crippen molar-refractivity contribution < 1.29 is 18.0 Å². The van der Waals surface area contributed by atoms with Gasteiger partial charge in [-0.1, -0.05) is 66.0 Å². The van der Waals surface area contributed by atoms with Crippen LogP contribution in [0.5, 0.6) is 0 Å². The topological polar surface area (TPSA) is 86.8 Å². The molecule has 2 atom stereocenters. The van der Waals surface area contributed by atoms with Gasteiger partial charge < -0.3 is 10.2 Å². The molecule has 0 radical (unpaired) electrons. The van der Waals surface area contributed by atoms with Crippen LogP contribution >= 0.6 is 23.2 Å². The number of sulfonamides is 1. The van der Waals surface area contributed by atoms with E-state index in [1.807, 2.05) is 45.0 Å². The second-order valence-electron chi connectivity index (χ2n) is 9.45. The maximum atomic E-state index is 13.9. The number of nitrogens with one attached hydrogen (secondary N) is 1. The monoisotopic (exact) mass is 589 g/mol. The third kappa shape index (κ3) is 7.97. The average Bonchev–Trinajstić information content (AvgIpc) is 2.89. The fraction of sp³-hybridized carbons (Fsp3) is 0.310. The number of aryl methyl sites for hydroxylation is 1. The number of hydrogen-bond donors (Lipinski definition) is 1. The number of hydrogen-bond acceptors (Lipinski definition) is 4. The lowest BCUT2D eigenvalue weighted by molar-refractivity contribution is -0.139. The Morgan fingerprint density at radius 2 is 1.59 bits per heavy atom. The SMILES string of the molecule is CC[C@@H](C)NC(=O)[C@@H](C)N(Cc1cccc(C)c1)C(=O)CN(c1cccc(Cl)c1)S(=O)(=O)c1ccc(Cl)cc1. The van der Waals surface area contributed by atoms with Crippen LogP contribution in [0.1, 0.15) is 38.3 Å². The number of carbonyl (C=O) groups is 2. The fourth-order valence-corrected chi connectivity index (χ4v) is 5.67. The highest BCUT2D eigenvalue weighted by molar-refractivity contribution is 7.92. The second kappa shape index (κ2) is 13.3. The maximum absolute atomic E-state index is 13.9. The number of carbonyl (C=O) groups excluding carboxylic acids is 2. The van der Waals surface area contributed by atoms with Gasteiger partial charge in [0.2, 0.25) is 11.8 Å². The first-order valence-corrected chi connectivity index (χ1v) is 14.8. The van der Waals surface area contributed by atoms with Crippen molar-refractivity contribution in [1.29, 1.82) is 0 Å². The van der Waals surface area contributed by atoms with Crippen LogP contribution in [0, 0.1) is 6.92 Å². The lowest BCUT2D eigenvalue weighted by atomic mass is 10.1. The van der Waals surface area contributed by atoms with Crippen LogP contribution in [0.2, 0.25) is 10.0 Å². The number of rotatable bonds is 11. The Hall–Kier alpha value is -3.07. The average molecular weight is 591 g/mol. The summed E-state index contributed by atoms with van der Waals surface area (Å²) in [7, 11) is -4.20. The lowest BCUT2D eigenvalue weighted by Gasteiger charge is -2.32. The van der Waals surface area contributed by atoms with Crippen molar-refractivity contribution in [2.45, 2.75) is 57.6 Å². The molecule has 3 aromatic rings. The molecule has 39 heavy (non-hydrogen) atoms. The zero-order valence-electron chi connectivity index (χ0n) is 22.4. The van der Waals surface area contributed by atoms with E-state index in [0.29, 0.717) is 10.0 Å². The van der Waals surface area contributed by atoms with Gasteiger partial charge >= 0.3 is 0 Å². The molecule has 3 rings (SSSR count). The molecule has 208 valence electrons. The highest BCUT2D eigenvalue weighted by Gasteiger charge is 2.33. The summed E-state index contributed by atoms with van der Waals surface area (Å²) in [6, 6.07) is 18.6. The van der Waals surface area contributed by atoms with Gasteiger partial charge in [0.1, 0.15) is 12.6 Å². The molecule has 0 spiro atoms. The fourth-order valence-electron chi connectivity index (χ4n) is 3.95. The van der Waals surface area contributed by atoms with E-state index in [-0.39, 0.29) is 29.1 Å². The highest BCUT2D eigenvalue weighted by Crippen LogP contribution is 2.27. The molecule has 0 aliphatic rings. The van der Waals surface area contributed by atoms with Gasteiger partial charge in [-0.05, 0) is 75.2 Å². The summed E-state index contributed by atoms with van der Waals surface area (Å²) in [5.74, 6) is -0.860. The summed E-state index contributed by atoms with van der Waals surface area (Å²) in [6.45, 7) is 7.00. The van der Waals surface area contributed by atoms with E-state index in [9.17, 15) is 18.0 Å². The van der Waals surface area contributed by atoms with Gasteiger partial charge in [-0.15, -0.1) is 0 Å². The first kappa shape index (κ1) is 30.5. The van der Waals surface area contributed by atoms with Crippen LogP contribution in [0.25, 0.3) is 0 Å². The zero-order valence-corrected chi connectivity index (χ0v) is 24.7. The quantitative estimate of drug-likeness (QED) is 0.305. The van der Waals surface area contributed by atoms with Gasteiger partial charge in [-0.25, -0.2) is 8.42 Å². The van der Waals surface area contributed by atoms with Crippen LogP contribution in [-0.2, 0) is 26.2 Å². The summed E-state index contributed by atoms with van der Waals surface area (Å²) >= 11 is 12.2. The normalized spacial score (nSPS) is 12.9. The minimum absolute atomic E-state index is 0.0347. The van der Waals surface area contributed by atoms with E-state index in [0.717, 1.165) is 21.9 Å². The van der Waals surface area contributed by atoms with Crippen LogP contribution in [-0.4, -0.2) is 43.8 Å². The molecule has 0 aromatic heterocycles. The van der Waals surface area contributed by atoms with E-state index in [1.165, 1.54) is 35.2 Å². The van der Waals surface area contributed by atoms with E-state index in [2.05, 4.69) is 5.32 Å². The molecule has 1 N–H and O–H groups in total. The van der Waals surface area contributed by atoms with Crippen molar-refractivity contribution in [3.8, 4) is 0 Å². The molecule has 2 amide bonds. The van der Waals surface area contributed by atoms with Gasteiger partial charge in [0, 0.05) is 22.6 Å². The van der Waals surface area contributed by atoms with Crippen LogP contribution in [0.15, 0.2) is 77.7 Å². The molecule has 7 nitrogen and oxygen atoms in total. The molecule has 0 heterocycles. The first-order valence-electron chi connectivity index (χ1n) is 12.6. The first-order chi connectivity index (χ1) is 18.4. The molecule has 0 fully saturated rings. The Balaban J connectivity index is 2.03. The molecule has 3 aromatic carbocycles. The predicted molar refractivity (Wildman–Crippen MR) is 157 cm³/mol. The minimum atomic E-state index is -4.20. The van der Waals surface area contributed by atoms with E-state index >= 15 is 0 Å². The molecular weight excluding hydrogens is 557 g/mol. The summed E-state index contributed by atoms with van der Waals surface area (Å²) in [4.78, 5) is 28.4. The molecule has 0 saturated carbocycles. The smallest absolute Gasteiger partial charge is 0.264 e. The van der Waals surface area contributed by atoms with Crippen molar-refractivity contribution in [3.05, 3.63) is 94.0 Å². The Morgan fingerprint density at radius 3 is 2.21 bits per heavy atom. The van der Waals surface area contributed by atoms with Gasteiger partial charge in [-0.2, -0.15) is 0 Å². The maximum Gasteiger partial charge on any atom is 0.264 e. The van der Waals surface area contributed by atoms with Crippen molar-refractivity contribution in [3.63, 3.8) is 0 Å². The van der Waals surface area contributed by atoms with Gasteiger partial charge in [0.25, 0.3) is 10.0 Å². The molecule has 0 unspecified atom stereocenters. The predicted octanol–water partition coefficient (Wildman–Crippen LogP) is 5.83. The third-order valence-electron chi connectivity index (χ3n) is 6.38. The van der Waals surface area contributed by atoms with Gasteiger partial charge in [0.15, 0.2) is 0 Å². The zero-order chi connectivity index (χ0) is 28.7. The van der Waals surface area contributed by atoms with Crippen molar-refractivity contribution in [2.24, 2.45) is 0 Å². The van der Waals surface area contributed by atoms with Crippen molar-refractivity contribution >= 4 is 50.7 Å². The van der Waals surface area contributed by atoms with Crippen LogP contribution < -0.4 is 9.62 Å². The Labute approximate surface area is 240 Å². The Kier molecular flexibility index (Phi) is 10.4. The Morgan fingerprint density at radius 1 is 0.923 bits per heavy atom.